The fraction of sp³-hybridized carbons (Fsp3) is 0.950. The number of carbonyl (C=O) groups excluding carboxylic acids is 1. The third-order valence-electron chi connectivity index (χ3n) is 15.5. The van der Waals surface area contributed by atoms with Crippen LogP contribution in [0.2, 0.25) is 0 Å². The number of aliphatic hydroxyl groups is 8. The molecular weight excluding hydrogens is 943 g/mol. The summed E-state index contributed by atoms with van der Waals surface area (Å²) in [5.74, 6) is -0.215. The number of hydrogen-bond acceptors (Lipinski definition) is 13. The Hall–Kier alpha value is -1.27. The zero-order valence-corrected chi connectivity index (χ0v) is 47.1. The first kappa shape index (κ1) is 68.8. The SMILES string of the molecule is CCC/C=C\CCCCCCCC(=O)NC(COC1OC(CO)C(OC2OC(CO)C(O)C(O)C2O)C(O)C1O)C(O)CCCCCCCCCCCCCCCCCCCCCCCCCCCCCCCC. The zero-order chi connectivity index (χ0) is 53.9. The van der Waals surface area contributed by atoms with E-state index in [-0.39, 0.29) is 12.5 Å². The Balaban J connectivity index is 1.63. The van der Waals surface area contributed by atoms with Gasteiger partial charge in [-0.2, -0.15) is 0 Å². The van der Waals surface area contributed by atoms with Gasteiger partial charge in [-0.3, -0.25) is 4.79 Å². The summed E-state index contributed by atoms with van der Waals surface area (Å²) in [5.41, 5.74) is 0. The van der Waals surface area contributed by atoms with E-state index in [9.17, 15) is 45.6 Å². The van der Waals surface area contributed by atoms with Gasteiger partial charge >= 0.3 is 0 Å². The van der Waals surface area contributed by atoms with Crippen molar-refractivity contribution in [2.45, 2.75) is 344 Å². The first-order valence-corrected chi connectivity index (χ1v) is 30.9. The van der Waals surface area contributed by atoms with Gasteiger partial charge in [0.2, 0.25) is 5.91 Å². The van der Waals surface area contributed by atoms with Crippen LogP contribution in [0.4, 0.5) is 0 Å². The average Bonchev–Trinajstić information content (AvgIpc) is 3.40. The lowest BCUT2D eigenvalue weighted by atomic mass is 9.97. The van der Waals surface area contributed by atoms with Crippen molar-refractivity contribution in [2.75, 3.05) is 19.8 Å². The molecule has 0 radical (unpaired) electrons. The Labute approximate surface area is 450 Å². The second-order valence-corrected chi connectivity index (χ2v) is 22.2. The van der Waals surface area contributed by atoms with Crippen LogP contribution in [-0.2, 0) is 23.7 Å². The van der Waals surface area contributed by atoms with E-state index in [1.54, 1.807) is 0 Å². The summed E-state index contributed by atoms with van der Waals surface area (Å²) in [4.78, 5) is 13.2. The summed E-state index contributed by atoms with van der Waals surface area (Å²) in [7, 11) is 0. The fourth-order valence-corrected chi connectivity index (χ4v) is 10.5. The molecular formula is C60H115NO13. The van der Waals surface area contributed by atoms with Gasteiger partial charge in [-0.25, -0.2) is 0 Å². The molecule has 74 heavy (non-hydrogen) atoms. The van der Waals surface area contributed by atoms with Crippen LogP contribution >= 0.6 is 0 Å². The van der Waals surface area contributed by atoms with E-state index >= 15 is 0 Å². The van der Waals surface area contributed by atoms with Crippen molar-refractivity contribution in [3.8, 4) is 0 Å². The fourth-order valence-electron chi connectivity index (χ4n) is 10.5. The summed E-state index contributed by atoms with van der Waals surface area (Å²) in [5, 5.41) is 87.1. The molecule has 1 amide bonds. The van der Waals surface area contributed by atoms with Crippen LogP contribution in [0.3, 0.4) is 0 Å². The van der Waals surface area contributed by atoms with Crippen molar-refractivity contribution >= 4 is 5.91 Å². The highest BCUT2D eigenvalue weighted by atomic mass is 16.7. The van der Waals surface area contributed by atoms with Gasteiger partial charge in [0.25, 0.3) is 0 Å². The van der Waals surface area contributed by atoms with Crippen molar-refractivity contribution < 1.29 is 64.6 Å². The lowest BCUT2D eigenvalue weighted by molar-refractivity contribution is -0.359. The van der Waals surface area contributed by atoms with Gasteiger partial charge < -0.3 is 65.1 Å². The first-order valence-electron chi connectivity index (χ1n) is 30.9. The predicted octanol–water partition coefficient (Wildman–Crippen LogP) is 10.7. The van der Waals surface area contributed by atoms with Crippen molar-refractivity contribution in [1.29, 1.82) is 0 Å². The van der Waals surface area contributed by atoms with Gasteiger partial charge in [0.15, 0.2) is 12.6 Å². The van der Waals surface area contributed by atoms with E-state index in [2.05, 4.69) is 31.3 Å². The molecule has 12 unspecified atom stereocenters. The minimum absolute atomic E-state index is 0.215. The molecule has 0 aromatic heterocycles. The summed E-state index contributed by atoms with van der Waals surface area (Å²) in [6.07, 6.45) is 36.8. The smallest absolute Gasteiger partial charge is 0.220 e. The Morgan fingerprint density at radius 3 is 1.34 bits per heavy atom. The number of aliphatic hydroxyl groups excluding tert-OH is 8. The van der Waals surface area contributed by atoms with Crippen LogP contribution in [0.25, 0.3) is 0 Å². The molecule has 0 aromatic carbocycles. The minimum atomic E-state index is -1.78. The maximum Gasteiger partial charge on any atom is 0.220 e. The Bertz CT molecular complexity index is 1290. The molecule has 0 aromatic rings. The van der Waals surface area contributed by atoms with E-state index in [4.69, 9.17) is 18.9 Å². The largest absolute Gasteiger partial charge is 0.394 e. The van der Waals surface area contributed by atoms with E-state index in [1.807, 2.05) is 0 Å². The van der Waals surface area contributed by atoms with Crippen molar-refractivity contribution in [2.24, 2.45) is 0 Å². The molecule has 14 nitrogen and oxygen atoms in total. The Kier molecular flexibility index (Phi) is 43.4. The molecule has 2 heterocycles. The van der Waals surface area contributed by atoms with E-state index in [0.29, 0.717) is 19.3 Å². The van der Waals surface area contributed by atoms with Gasteiger partial charge in [-0.15, -0.1) is 0 Å². The summed E-state index contributed by atoms with van der Waals surface area (Å²) in [6.45, 7) is 2.81. The van der Waals surface area contributed by atoms with Crippen molar-refractivity contribution in [3.05, 3.63) is 12.2 Å². The van der Waals surface area contributed by atoms with Gasteiger partial charge in [-0.1, -0.05) is 244 Å². The number of hydrogen-bond donors (Lipinski definition) is 9. The second-order valence-electron chi connectivity index (χ2n) is 22.2. The molecule has 0 saturated carbocycles. The summed E-state index contributed by atoms with van der Waals surface area (Å²) < 4.78 is 22.8. The Morgan fingerprint density at radius 2 is 0.878 bits per heavy atom. The zero-order valence-electron chi connectivity index (χ0n) is 47.1. The maximum atomic E-state index is 13.2. The molecule has 2 saturated heterocycles. The topological polar surface area (TPSA) is 228 Å². The molecule has 438 valence electrons. The summed E-state index contributed by atoms with van der Waals surface area (Å²) in [6, 6.07) is -0.829. The second kappa shape index (κ2) is 46.6. The molecule has 2 aliphatic heterocycles. The van der Waals surface area contributed by atoms with Gasteiger partial charge in [0.1, 0.15) is 48.8 Å². The van der Waals surface area contributed by atoms with Crippen LogP contribution in [0.5, 0.6) is 0 Å². The van der Waals surface area contributed by atoms with Crippen LogP contribution in [0.15, 0.2) is 12.2 Å². The standard InChI is InChI=1S/C60H115NO13/c1-3-5-7-9-11-13-15-16-17-18-19-20-21-22-23-24-25-26-27-28-29-30-31-32-33-34-35-37-39-41-43-49(64)48(61-52(65)44-42-40-38-36-14-12-10-8-6-4-2)47-71-59-57(70)55(68)58(51(46-63)73-59)74-60-56(69)54(67)53(66)50(45-62)72-60/h8,10,48-51,53-60,62-64,66-70H,3-7,9,11-47H2,1-2H3,(H,61,65)/b10-8-. The first-order chi connectivity index (χ1) is 36.1. The predicted molar refractivity (Wildman–Crippen MR) is 295 cm³/mol. The van der Waals surface area contributed by atoms with E-state index < -0.39 is 86.8 Å². The Morgan fingerprint density at radius 1 is 0.473 bits per heavy atom. The van der Waals surface area contributed by atoms with Gasteiger partial charge in [-0.05, 0) is 32.1 Å². The van der Waals surface area contributed by atoms with E-state index in [1.165, 1.54) is 167 Å². The van der Waals surface area contributed by atoms with Crippen LogP contribution in [0.1, 0.15) is 271 Å². The van der Waals surface area contributed by atoms with Crippen molar-refractivity contribution in [3.63, 3.8) is 0 Å². The van der Waals surface area contributed by atoms with Gasteiger partial charge in [0.05, 0.1) is 32.0 Å². The molecule has 2 fully saturated rings. The number of amides is 1. The molecule has 12 atom stereocenters. The third-order valence-corrected chi connectivity index (χ3v) is 15.5. The number of allylic oxidation sites excluding steroid dienone is 2. The van der Waals surface area contributed by atoms with Crippen LogP contribution in [0, 0.1) is 0 Å². The lowest BCUT2D eigenvalue weighted by Crippen LogP contribution is -2.65. The number of rotatable bonds is 50. The van der Waals surface area contributed by atoms with Gasteiger partial charge in [0, 0.05) is 6.42 Å². The maximum absolute atomic E-state index is 13.2. The highest BCUT2D eigenvalue weighted by Gasteiger charge is 2.51. The number of carbonyl (C=O) groups is 1. The lowest BCUT2D eigenvalue weighted by Gasteiger charge is -2.46. The molecule has 2 aliphatic rings. The molecule has 0 bridgehead atoms. The number of ether oxygens (including phenoxy) is 4. The quantitative estimate of drug-likeness (QED) is 0.0204. The highest BCUT2D eigenvalue weighted by molar-refractivity contribution is 5.76. The monoisotopic (exact) mass is 1060 g/mol. The molecule has 14 heteroatoms. The number of unbranched alkanes of at least 4 members (excludes halogenated alkanes) is 35. The van der Waals surface area contributed by atoms with E-state index in [0.717, 1.165) is 70.6 Å². The molecule has 9 N–H and O–H groups in total. The molecule has 0 aliphatic carbocycles. The van der Waals surface area contributed by atoms with Crippen LogP contribution < -0.4 is 5.32 Å². The molecule has 2 rings (SSSR count). The molecule has 0 spiro atoms. The minimum Gasteiger partial charge on any atom is -0.394 e. The third kappa shape index (κ3) is 32.0. The normalized spacial score (nSPS) is 25.2. The average molecular weight is 1060 g/mol. The number of nitrogens with one attached hydrogen (secondary N) is 1. The highest BCUT2D eigenvalue weighted by Crippen LogP contribution is 2.30. The van der Waals surface area contributed by atoms with Crippen LogP contribution in [-0.4, -0.2) is 140 Å². The summed E-state index contributed by atoms with van der Waals surface area (Å²) >= 11 is 0. The van der Waals surface area contributed by atoms with Crippen molar-refractivity contribution in [1.82, 2.24) is 5.32 Å².